The molecule has 0 N–H and O–H groups in total. The Morgan fingerprint density at radius 2 is 1.75 bits per heavy atom. The zero-order valence-corrected chi connectivity index (χ0v) is 8.68. The highest BCUT2D eigenvalue weighted by Gasteiger charge is 2.14. The molecule has 1 atom stereocenters. The number of rotatable bonds is 5. The number of allylic oxidation sites excluding steroid dienone is 1. The molecule has 0 saturated carbocycles. The van der Waals surface area contributed by atoms with Crippen molar-refractivity contribution in [1.82, 2.24) is 0 Å². The van der Waals surface area contributed by atoms with Gasteiger partial charge in [-0.05, 0) is 32.6 Å². The Morgan fingerprint density at radius 3 is 2.00 bits per heavy atom. The van der Waals surface area contributed by atoms with Gasteiger partial charge in [0.1, 0.15) is 5.78 Å². The number of hydrogen-bond donors (Lipinski definition) is 0. The molecule has 0 aliphatic heterocycles. The summed E-state index contributed by atoms with van der Waals surface area (Å²) in [6, 6.07) is 0. The molecule has 0 aromatic heterocycles. The standard InChI is InChI=1S/C11H20O/c1-8(2)6-7-11(9(3)4)10(5)12/h8,11H,3,6-7H2,1-2,4-5H3. The zero-order valence-electron chi connectivity index (χ0n) is 8.68. The van der Waals surface area contributed by atoms with Gasteiger partial charge in [0, 0.05) is 5.92 Å². The van der Waals surface area contributed by atoms with Crippen LogP contribution in [0.1, 0.15) is 40.5 Å². The van der Waals surface area contributed by atoms with Gasteiger partial charge in [-0.2, -0.15) is 0 Å². The summed E-state index contributed by atoms with van der Waals surface area (Å²) in [5.74, 6) is 1.02. The van der Waals surface area contributed by atoms with Crippen molar-refractivity contribution < 1.29 is 4.79 Å². The second-order valence-corrected chi connectivity index (χ2v) is 3.98. The highest BCUT2D eigenvalue weighted by atomic mass is 16.1. The zero-order chi connectivity index (χ0) is 9.72. The SMILES string of the molecule is C=C(C)C(CCC(C)C)C(C)=O. The molecule has 1 unspecified atom stereocenters. The predicted octanol–water partition coefficient (Wildman–Crippen LogP) is 3.20. The third kappa shape index (κ3) is 4.32. The molecule has 0 rings (SSSR count). The van der Waals surface area contributed by atoms with Crippen LogP contribution >= 0.6 is 0 Å². The van der Waals surface area contributed by atoms with Crippen molar-refractivity contribution in [2.45, 2.75) is 40.5 Å². The van der Waals surface area contributed by atoms with E-state index in [9.17, 15) is 4.79 Å². The molecule has 0 aromatic carbocycles. The largest absolute Gasteiger partial charge is 0.299 e. The van der Waals surface area contributed by atoms with E-state index in [1.807, 2.05) is 6.92 Å². The number of Topliss-reactive ketones (excluding diaryl/α,β-unsaturated/α-hetero) is 1. The molecular formula is C11H20O. The van der Waals surface area contributed by atoms with Crippen LogP contribution < -0.4 is 0 Å². The van der Waals surface area contributed by atoms with Crippen LogP contribution in [0.5, 0.6) is 0 Å². The normalized spacial score (nSPS) is 13.1. The van der Waals surface area contributed by atoms with E-state index in [0.717, 1.165) is 18.4 Å². The van der Waals surface area contributed by atoms with Crippen LogP contribution in [0.15, 0.2) is 12.2 Å². The molecule has 0 aromatic rings. The molecule has 0 heterocycles. The Labute approximate surface area is 75.9 Å². The minimum atomic E-state index is 0.0902. The van der Waals surface area contributed by atoms with E-state index in [4.69, 9.17) is 0 Å². The van der Waals surface area contributed by atoms with E-state index in [-0.39, 0.29) is 11.7 Å². The number of carbonyl (C=O) groups excluding carboxylic acids is 1. The summed E-state index contributed by atoms with van der Waals surface area (Å²) < 4.78 is 0. The van der Waals surface area contributed by atoms with Crippen molar-refractivity contribution in [2.75, 3.05) is 0 Å². The van der Waals surface area contributed by atoms with E-state index >= 15 is 0 Å². The molecule has 0 saturated heterocycles. The second kappa shape index (κ2) is 5.13. The van der Waals surface area contributed by atoms with Gasteiger partial charge in [-0.25, -0.2) is 0 Å². The molecule has 1 nitrogen and oxygen atoms in total. The lowest BCUT2D eigenvalue weighted by Crippen LogP contribution is -2.12. The molecule has 0 fully saturated rings. The number of ketones is 1. The van der Waals surface area contributed by atoms with Gasteiger partial charge in [-0.1, -0.05) is 26.0 Å². The lowest BCUT2D eigenvalue weighted by Gasteiger charge is -2.14. The summed E-state index contributed by atoms with van der Waals surface area (Å²) >= 11 is 0. The maximum absolute atomic E-state index is 11.1. The average molecular weight is 168 g/mol. The molecule has 70 valence electrons. The van der Waals surface area contributed by atoms with Crippen molar-refractivity contribution in [1.29, 1.82) is 0 Å². The van der Waals surface area contributed by atoms with Crippen LogP contribution in [-0.4, -0.2) is 5.78 Å². The van der Waals surface area contributed by atoms with Crippen LogP contribution in [0.25, 0.3) is 0 Å². The fourth-order valence-corrected chi connectivity index (χ4v) is 1.30. The molecular weight excluding hydrogens is 148 g/mol. The summed E-state index contributed by atoms with van der Waals surface area (Å²) in [7, 11) is 0. The maximum atomic E-state index is 11.1. The van der Waals surface area contributed by atoms with Crippen molar-refractivity contribution >= 4 is 5.78 Å². The Bertz CT molecular complexity index is 154. The Kier molecular flexibility index (Phi) is 4.87. The van der Waals surface area contributed by atoms with Gasteiger partial charge in [-0.3, -0.25) is 4.79 Å². The summed E-state index contributed by atoms with van der Waals surface area (Å²) in [5, 5.41) is 0. The molecule has 12 heavy (non-hydrogen) atoms. The molecule has 0 aliphatic rings. The van der Waals surface area contributed by atoms with Gasteiger partial charge in [0.05, 0.1) is 0 Å². The van der Waals surface area contributed by atoms with Gasteiger partial charge in [0.25, 0.3) is 0 Å². The highest BCUT2D eigenvalue weighted by molar-refractivity contribution is 5.80. The first-order valence-electron chi connectivity index (χ1n) is 4.61. The van der Waals surface area contributed by atoms with Crippen LogP contribution in [0, 0.1) is 11.8 Å². The summed E-state index contributed by atoms with van der Waals surface area (Å²) in [4.78, 5) is 11.1. The number of carbonyl (C=O) groups is 1. The van der Waals surface area contributed by atoms with Crippen molar-refractivity contribution in [2.24, 2.45) is 11.8 Å². The summed E-state index contributed by atoms with van der Waals surface area (Å²) in [6.07, 6.45) is 2.07. The topological polar surface area (TPSA) is 17.1 Å². The minimum absolute atomic E-state index is 0.0902. The van der Waals surface area contributed by atoms with Crippen LogP contribution in [0.2, 0.25) is 0 Å². The molecule has 1 heteroatoms. The molecule has 0 radical (unpaired) electrons. The van der Waals surface area contributed by atoms with E-state index < -0.39 is 0 Å². The van der Waals surface area contributed by atoms with Gasteiger partial charge >= 0.3 is 0 Å². The van der Waals surface area contributed by atoms with Gasteiger partial charge < -0.3 is 0 Å². The summed E-state index contributed by atoms with van der Waals surface area (Å²) in [5.41, 5.74) is 1.00. The first-order valence-corrected chi connectivity index (χ1v) is 4.61. The molecule has 0 bridgehead atoms. The molecule has 0 amide bonds. The van der Waals surface area contributed by atoms with Gasteiger partial charge in [0.2, 0.25) is 0 Å². The van der Waals surface area contributed by atoms with Gasteiger partial charge in [-0.15, -0.1) is 0 Å². The van der Waals surface area contributed by atoms with Crippen molar-refractivity contribution in [3.63, 3.8) is 0 Å². The maximum Gasteiger partial charge on any atom is 0.136 e. The lowest BCUT2D eigenvalue weighted by atomic mass is 9.90. The van der Waals surface area contributed by atoms with E-state index in [2.05, 4.69) is 20.4 Å². The third-order valence-electron chi connectivity index (χ3n) is 2.12. The monoisotopic (exact) mass is 168 g/mol. The Hall–Kier alpha value is -0.590. The average Bonchev–Trinajstić information content (AvgIpc) is 1.84. The smallest absolute Gasteiger partial charge is 0.136 e. The van der Waals surface area contributed by atoms with Crippen molar-refractivity contribution in [3.05, 3.63) is 12.2 Å². The first kappa shape index (κ1) is 11.4. The first-order chi connectivity index (χ1) is 5.45. The quantitative estimate of drug-likeness (QED) is 0.576. The highest BCUT2D eigenvalue weighted by Crippen LogP contribution is 2.19. The van der Waals surface area contributed by atoms with Gasteiger partial charge in [0.15, 0.2) is 0 Å². The van der Waals surface area contributed by atoms with Crippen LogP contribution in [0.4, 0.5) is 0 Å². The third-order valence-corrected chi connectivity index (χ3v) is 2.12. The summed E-state index contributed by atoms with van der Waals surface area (Å²) in [6.45, 7) is 11.8. The molecule has 0 spiro atoms. The van der Waals surface area contributed by atoms with Crippen LogP contribution in [-0.2, 0) is 4.79 Å². The molecule has 0 aliphatic carbocycles. The predicted molar refractivity (Wildman–Crippen MR) is 53.1 cm³/mol. The van der Waals surface area contributed by atoms with Crippen LogP contribution in [0.3, 0.4) is 0 Å². The fraction of sp³-hybridized carbons (Fsp3) is 0.727. The minimum Gasteiger partial charge on any atom is -0.299 e. The number of hydrogen-bond acceptors (Lipinski definition) is 1. The van der Waals surface area contributed by atoms with E-state index in [1.54, 1.807) is 6.92 Å². The second-order valence-electron chi connectivity index (χ2n) is 3.98. The Morgan fingerprint density at radius 1 is 1.25 bits per heavy atom. The Balaban J connectivity index is 3.97. The van der Waals surface area contributed by atoms with Crippen molar-refractivity contribution in [3.8, 4) is 0 Å². The fourth-order valence-electron chi connectivity index (χ4n) is 1.30. The van der Waals surface area contributed by atoms with E-state index in [0.29, 0.717) is 5.92 Å². The lowest BCUT2D eigenvalue weighted by molar-refractivity contribution is -0.119. The van der Waals surface area contributed by atoms with E-state index in [1.165, 1.54) is 0 Å².